The topological polar surface area (TPSA) is 91.4 Å². The molecule has 2 heterocycles. The van der Waals surface area contributed by atoms with Crippen LogP contribution in [0.5, 0.6) is 11.5 Å². The number of halogens is 1. The SMILES string of the molecule is CCOC(=O)C1=C(C(=O)OCC)N2CCc3cc(OC)c(OC)cc3C2(c2ccc(Cl)cc2)C1=O. The number of rotatable bonds is 7. The highest BCUT2D eigenvalue weighted by atomic mass is 35.5. The van der Waals surface area contributed by atoms with Crippen LogP contribution in [0.1, 0.15) is 30.5 Å². The summed E-state index contributed by atoms with van der Waals surface area (Å²) in [7, 11) is 3.04. The van der Waals surface area contributed by atoms with Gasteiger partial charge in [0, 0.05) is 11.6 Å². The second kappa shape index (κ2) is 9.62. The molecule has 0 bridgehead atoms. The molecule has 0 aromatic heterocycles. The first-order valence-corrected chi connectivity index (χ1v) is 11.6. The second-order valence-corrected chi connectivity index (χ2v) is 8.41. The van der Waals surface area contributed by atoms with Crippen molar-refractivity contribution in [3.63, 3.8) is 0 Å². The first-order valence-electron chi connectivity index (χ1n) is 11.3. The molecular formula is C26H26ClNO7. The Morgan fingerprint density at radius 3 is 2.17 bits per heavy atom. The number of carbonyl (C=O) groups is 3. The van der Waals surface area contributed by atoms with Gasteiger partial charge in [-0.1, -0.05) is 23.7 Å². The number of esters is 2. The average molecular weight is 500 g/mol. The Bertz CT molecular complexity index is 1220. The molecule has 0 amide bonds. The average Bonchev–Trinajstić information content (AvgIpc) is 3.13. The van der Waals surface area contributed by atoms with E-state index in [1.54, 1.807) is 49.1 Å². The molecule has 4 rings (SSSR count). The van der Waals surface area contributed by atoms with Crippen LogP contribution in [0.25, 0.3) is 0 Å². The molecule has 2 aliphatic heterocycles. The quantitative estimate of drug-likeness (QED) is 0.423. The van der Waals surface area contributed by atoms with Gasteiger partial charge in [-0.3, -0.25) is 4.79 Å². The number of ketones is 1. The molecule has 1 unspecified atom stereocenters. The van der Waals surface area contributed by atoms with Gasteiger partial charge in [-0.15, -0.1) is 0 Å². The van der Waals surface area contributed by atoms with Gasteiger partial charge in [0.05, 0.1) is 27.4 Å². The van der Waals surface area contributed by atoms with Crippen LogP contribution in [0.4, 0.5) is 0 Å². The maximum atomic E-state index is 14.4. The number of ether oxygens (including phenoxy) is 4. The molecule has 0 N–H and O–H groups in total. The van der Waals surface area contributed by atoms with Gasteiger partial charge < -0.3 is 23.8 Å². The first-order chi connectivity index (χ1) is 16.8. The van der Waals surface area contributed by atoms with Gasteiger partial charge in [0.2, 0.25) is 5.78 Å². The number of hydrogen-bond donors (Lipinski definition) is 0. The fourth-order valence-corrected chi connectivity index (χ4v) is 5.02. The molecule has 0 fully saturated rings. The third-order valence-electron chi connectivity index (χ3n) is 6.28. The lowest BCUT2D eigenvalue weighted by Crippen LogP contribution is -2.52. The summed E-state index contributed by atoms with van der Waals surface area (Å²) in [5.74, 6) is -1.28. The van der Waals surface area contributed by atoms with Crippen LogP contribution in [0.15, 0.2) is 47.7 Å². The second-order valence-electron chi connectivity index (χ2n) is 7.98. The predicted molar refractivity (Wildman–Crippen MR) is 127 cm³/mol. The molecule has 0 spiro atoms. The Kier molecular flexibility index (Phi) is 6.76. The Hall–Kier alpha value is -3.52. The number of nitrogens with zero attached hydrogens (tertiary/aromatic N) is 1. The van der Waals surface area contributed by atoms with Gasteiger partial charge in [-0.05, 0) is 61.2 Å². The van der Waals surface area contributed by atoms with Crippen LogP contribution in [0.3, 0.4) is 0 Å². The lowest BCUT2D eigenvalue weighted by atomic mass is 9.73. The Morgan fingerprint density at radius 2 is 1.57 bits per heavy atom. The molecule has 0 radical (unpaired) electrons. The minimum atomic E-state index is -1.53. The fraction of sp³-hybridized carbons (Fsp3) is 0.346. The van der Waals surface area contributed by atoms with Crippen molar-refractivity contribution < 1.29 is 33.3 Å². The molecule has 2 aromatic rings. The zero-order valence-corrected chi connectivity index (χ0v) is 20.7. The number of benzene rings is 2. The summed E-state index contributed by atoms with van der Waals surface area (Å²) >= 11 is 6.16. The van der Waals surface area contributed by atoms with Gasteiger partial charge in [-0.2, -0.15) is 0 Å². The summed E-state index contributed by atoms with van der Waals surface area (Å²) < 4.78 is 21.5. The summed E-state index contributed by atoms with van der Waals surface area (Å²) in [6.45, 7) is 3.69. The predicted octanol–water partition coefficient (Wildman–Crippen LogP) is 3.42. The van der Waals surface area contributed by atoms with E-state index in [0.717, 1.165) is 5.56 Å². The summed E-state index contributed by atoms with van der Waals surface area (Å²) in [5, 5.41) is 0.481. The molecule has 1 atom stereocenters. The summed E-state index contributed by atoms with van der Waals surface area (Å²) in [6, 6.07) is 10.3. The molecule has 0 saturated heterocycles. The van der Waals surface area contributed by atoms with E-state index in [9.17, 15) is 14.4 Å². The van der Waals surface area contributed by atoms with Gasteiger partial charge in [-0.25, -0.2) is 9.59 Å². The smallest absolute Gasteiger partial charge is 0.355 e. The van der Waals surface area contributed by atoms with Crippen LogP contribution < -0.4 is 9.47 Å². The number of methoxy groups -OCH3 is 2. The van der Waals surface area contributed by atoms with E-state index in [-0.39, 0.29) is 31.0 Å². The highest BCUT2D eigenvalue weighted by Crippen LogP contribution is 2.52. The van der Waals surface area contributed by atoms with E-state index < -0.39 is 23.3 Å². The first kappa shape index (κ1) is 24.6. The third-order valence-corrected chi connectivity index (χ3v) is 6.53. The number of Topliss-reactive ketones (excluding diaryl/α,β-unsaturated/α-hetero) is 1. The van der Waals surface area contributed by atoms with Crippen molar-refractivity contribution in [2.24, 2.45) is 0 Å². The molecule has 35 heavy (non-hydrogen) atoms. The zero-order valence-electron chi connectivity index (χ0n) is 20.0. The summed E-state index contributed by atoms with van der Waals surface area (Å²) in [4.78, 5) is 42.3. The number of hydrogen-bond acceptors (Lipinski definition) is 8. The molecule has 184 valence electrons. The van der Waals surface area contributed by atoms with Crippen molar-refractivity contribution in [3.8, 4) is 11.5 Å². The lowest BCUT2D eigenvalue weighted by molar-refractivity contribution is -0.143. The van der Waals surface area contributed by atoms with E-state index in [1.165, 1.54) is 14.2 Å². The Morgan fingerprint density at radius 1 is 0.971 bits per heavy atom. The molecule has 8 nitrogen and oxygen atoms in total. The van der Waals surface area contributed by atoms with Gasteiger partial charge in [0.25, 0.3) is 0 Å². The summed E-state index contributed by atoms with van der Waals surface area (Å²) in [5.41, 5.74) is -0.0119. The zero-order chi connectivity index (χ0) is 25.3. The molecule has 0 aliphatic carbocycles. The molecule has 2 aromatic carbocycles. The molecule has 2 aliphatic rings. The minimum absolute atomic E-state index is 0.0429. The standard InChI is InChI=1S/C26H26ClNO7/c1-5-34-24(30)21-22(25(31)35-6-2)28-12-11-15-13-19(32-3)20(33-4)14-18(15)26(28,23(21)29)16-7-9-17(27)10-8-16/h7-10,13-14H,5-6,11-12H2,1-4H3. The van der Waals surface area contributed by atoms with E-state index in [4.69, 9.17) is 30.5 Å². The monoisotopic (exact) mass is 499 g/mol. The largest absolute Gasteiger partial charge is 0.493 e. The van der Waals surface area contributed by atoms with Crippen LogP contribution in [0, 0.1) is 0 Å². The highest BCUT2D eigenvalue weighted by Gasteiger charge is 2.61. The molecular weight excluding hydrogens is 474 g/mol. The van der Waals surface area contributed by atoms with E-state index in [0.29, 0.717) is 34.1 Å². The van der Waals surface area contributed by atoms with Crippen molar-refractivity contribution in [2.75, 3.05) is 34.0 Å². The van der Waals surface area contributed by atoms with E-state index in [1.807, 2.05) is 6.07 Å². The lowest BCUT2D eigenvalue weighted by Gasteiger charge is -2.45. The highest BCUT2D eigenvalue weighted by molar-refractivity contribution is 6.31. The van der Waals surface area contributed by atoms with Crippen molar-refractivity contribution >= 4 is 29.3 Å². The number of carbonyl (C=O) groups excluding carboxylic acids is 3. The van der Waals surface area contributed by atoms with Crippen LogP contribution in [0.2, 0.25) is 5.02 Å². The van der Waals surface area contributed by atoms with Crippen molar-refractivity contribution in [1.29, 1.82) is 0 Å². The van der Waals surface area contributed by atoms with Gasteiger partial charge in [0.1, 0.15) is 11.3 Å². The molecule has 0 saturated carbocycles. The van der Waals surface area contributed by atoms with Crippen LogP contribution in [-0.4, -0.2) is 56.6 Å². The van der Waals surface area contributed by atoms with Crippen molar-refractivity contribution in [2.45, 2.75) is 25.8 Å². The minimum Gasteiger partial charge on any atom is -0.493 e. The third kappa shape index (κ3) is 3.72. The van der Waals surface area contributed by atoms with Crippen LogP contribution in [-0.2, 0) is 35.8 Å². The van der Waals surface area contributed by atoms with Gasteiger partial charge in [0.15, 0.2) is 17.0 Å². The number of fused-ring (bicyclic) bond motifs is 3. The normalized spacial score (nSPS) is 18.7. The van der Waals surface area contributed by atoms with Crippen molar-refractivity contribution in [1.82, 2.24) is 4.90 Å². The summed E-state index contributed by atoms with van der Waals surface area (Å²) in [6.07, 6.45) is 0.483. The Balaban J connectivity index is 2.07. The van der Waals surface area contributed by atoms with E-state index in [2.05, 4.69) is 0 Å². The van der Waals surface area contributed by atoms with E-state index >= 15 is 0 Å². The molecule has 9 heteroatoms. The maximum Gasteiger partial charge on any atom is 0.355 e. The fourth-order valence-electron chi connectivity index (χ4n) is 4.90. The van der Waals surface area contributed by atoms with Gasteiger partial charge >= 0.3 is 11.9 Å². The van der Waals surface area contributed by atoms with Crippen molar-refractivity contribution in [3.05, 3.63) is 69.4 Å². The van der Waals surface area contributed by atoms with Crippen LogP contribution >= 0.6 is 11.6 Å². The Labute approximate surface area is 208 Å². The maximum absolute atomic E-state index is 14.4.